The maximum absolute atomic E-state index is 13.2. The number of alkyl halides is 3. The summed E-state index contributed by atoms with van der Waals surface area (Å²) in [6, 6.07) is 9.39. The zero-order valence-corrected chi connectivity index (χ0v) is 16.4. The van der Waals surface area contributed by atoms with E-state index in [2.05, 4.69) is 32.4 Å². The van der Waals surface area contributed by atoms with Crippen LogP contribution in [0.4, 0.5) is 19.0 Å². The highest BCUT2D eigenvalue weighted by Crippen LogP contribution is 2.44. The smallest absolute Gasteiger partial charge is 0.381 e. The van der Waals surface area contributed by atoms with E-state index in [4.69, 9.17) is 4.74 Å². The molecule has 2 atom stereocenters. The number of fused-ring (bicyclic) bond motifs is 2. The van der Waals surface area contributed by atoms with Crippen molar-refractivity contribution in [2.24, 2.45) is 11.8 Å². The highest BCUT2D eigenvalue weighted by Gasteiger charge is 2.37. The molecule has 1 aromatic carbocycles. The van der Waals surface area contributed by atoms with Gasteiger partial charge in [-0.15, -0.1) is 0 Å². The van der Waals surface area contributed by atoms with Crippen molar-refractivity contribution < 1.29 is 17.9 Å². The Balaban J connectivity index is 1.54. The van der Waals surface area contributed by atoms with Crippen molar-refractivity contribution in [1.82, 2.24) is 15.0 Å². The molecular formula is C22H23F3N4O. The van der Waals surface area contributed by atoms with Crippen LogP contribution in [0.2, 0.25) is 0 Å². The first-order valence-corrected chi connectivity index (χ1v) is 10.3. The molecular weight excluding hydrogens is 393 g/mol. The third-order valence-electron chi connectivity index (χ3n) is 6.46. The molecule has 2 N–H and O–H groups in total. The Hall–Kier alpha value is -2.61. The summed E-state index contributed by atoms with van der Waals surface area (Å²) in [6.45, 7) is 1.53. The second-order valence-electron chi connectivity index (χ2n) is 8.14. The number of H-pyrrole nitrogens is 1. The van der Waals surface area contributed by atoms with E-state index in [1.807, 2.05) is 12.1 Å². The molecule has 1 fully saturated rings. The molecule has 8 heteroatoms. The predicted octanol–water partition coefficient (Wildman–Crippen LogP) is 5.12. The van der Waals surface area contributed by atoms with Crippen LogP contribution in [-0.2, 0) is 17.3 Å². The monoisotopic (exact) mass is 416 g/mol. The third kappa shape index (κ3) is 3.53. The van der Waals surface area contributed by atoms with Gasteiger partial charge in [-0.3, -0.25) is 0 Å². The van der Waals surface area contributed by atoms with Crippen LogP contribution in [0.25, 0.3) is 11.0 Å². The van der Waals surface area contributed by atoms with Crippen molar-refractivity contribution in [1.29, 1.82) is 0 Å². The van der Waals surface area contributed by atoms with Gasteiger partial charge >= 0.3 is 6.18 Å². The van der Waals surface area contributed by atoms with Crippen LogP contribution in [0.15, 0.2) is 36.7 Å². The average Bonchev–Trinajstić information content (AvgIpc) is 3.21. The number of hydrogen-bond acceptors (Lipinski definition) is 4. The van der Waals surface area contributed by atoms with Crippen molar-refractivity contribution >= 4 is 16.9 Å². The van der Waals surface area contributed by atoms with E-state index in [-0.39, 0.29) is 11.7 Å². The summed E-state index contributed by atoms with van der Waals surface area (Å²) in [6.07, 6.45) is 0.908. The van der Waals surface area contributed by atoms with Crippen molar-refractivity contribution in [2.75, 3.05) is 18.5 Å². The number of benzene rings is 1. The number of halogens is 3. The summed E-state index contributed by atoms with van der Waals surface area (Å²) in [5.41, 5.74) is 1.87. The molecule has 0 radical (unpaired) electrons. The number of aromatic amines is 1. The number of rotatable bonds is 3. The molecule has 0 spiro atoms. The summed E-state index contributed by atoms with van der Waals surface area (Å²) in [4.78, 5) is 10.7. The molecule has 3 heterocycles. The molecule has 2 aliphatic rings. The highest BCUT2D eigenvalue weighted by atomic mass is 19.4. The second kappa shape index (κ2) is 7.58. The molecule has 158 valence electrons. The van der Waals surface area contributed by atoms with Crippen LogP contribution < -0.4 is 5.32 Å². The Morgan fingerprint density at radius 3 is 2.67 bits per heavy atom. The molecule has 30 heavy (non-hydrogen) atoms. The van der Waals surface area contributed by atoms with E-state index in [1.54, 1.807) is 0 Å². The van der Waals surface area contributed by atoms with Gasteiger partial charge < -0.3 is 15.0 Å². The van der Waals surface area contributed by atoms with Crippen molar-refractivity contribution in [3.63, 3.8) is 0 Å². The second-order valence-corrected chi connectivity index (χ2v) is 8.14. The Bertz CT molecular complexity index is 1040. The average molecular weight is 416 g/mol. The number of hydrogen-bond donors (Lipinski definition) is 2. The fraction of sp³-hybridized carbons (Fsp3) is 0.455. The minimum Gasteiger partial charge on any atom is -0.381 e. The lowest BCUT2D eigenvalue weighted by Crippen LogP contribution is -2.35. The van der Waals surface area contributed by atoms with Gasteiger partial charge in [-0.25, -0.2) is 9.97 Å². The summed E-state index contributed by atoms with van der Waals surface area (Å²) in [7, 11) is 0. The summed E-state index contributed by atoms with van der Waals surface area (Å²) < 4.78 is 45.2. The van der Waals surface area contributed by atoms with E-state index >= 15 is 0 Å². The van der Waals surface area contributed by atoms with E-state index in [9.17, 15) is 13.2 Å². The Kier molecular flexibility index (Phi) is 4.89. The first-order chi connectivity index (χ1) is 14.5. The normalized spacial score (nSPS) is 22.8. The van der Waals surface area contributed by atoms with E-state index in [1.165, 1.54) is 17.5 Å². The third-order valence-corrected chi connectivity index (χ3v) is 6.46. The van der Waals surface area contributed by atoms with Crippen LogP contribution in [0.1, 0.15) is 42.1 Å². The predicted molar refractivity (Wildman–Crippen MR) is 107 cm³/mol. The van der Waals surface area contributed by atoms with Gasteiger partial charge in [0.05, 0.1) is 11.4 Å². The summed E-state index contributed by atoms with van der Waals surface area (Å²) in [5.74, 6) is 1.32. The number of aryl methyl sites for hydroxylation is 1. The van der Waals surface area contributed by atoms with Gasteiger partial charge in [0, 0.05) is 13.2 Å². The lowest BCUT2D eigenvalue weighted by Gasteiger charge is -2.40. The largest absolute Gasteiger partial charge is 0.431 e. The Morgan fingerprint density at radius 1 is 1.07 bits per heavy atom. The van der Waals surface area contributed by atoms with Gasteiger partial charge in [0.1, 0.15) is 23.5 Å². The van der Waals surface area contributed by atoms with E-state index in [0.29, 0.717) is 23.0 Å². The van der Waals surface area contributed by atoms with Crippen LogP contribution in [0.3, 0.4) is 0 Å². The van der Waals surface area contributed by atoms with E-state index < -0.39 is 11.9 Å². The molecule has 0 saturated carbocycles. The molecule has 0 bridgehead atoms. The minimum absolute atomic E-state index is 0.0135. The molecule has 1 saturated heterocycles. The lowest BCUT2D eigenvalue weighted by molar-refractivity contribution is -0.140. The topological polar surface area (TPSA) is 62.8 Å². The zero-order chi connectivity index (χ0) is 20.7. The molecule has 1 aliphatic carbocycles. The summed E-state index contributed by atoms with van der Waals surface area (Å²) >= 11 is 0. The van der Waals surface area contributed by atoms with Gasteiger partial charge in [-0.2, -0.15) is 13.2 Å². The molecule has 5 rings (SSSR count). The fourth-order valence-electron chi connectivity index (χ4n) is 4.98. The van der Waals surface area contributed by atoms with Crippen LogP contribution >= 0.6 is 0 Å². The number of nitrogens with zero attached hydrogens (tertiary/aromatic N) is 2. The van der Waals surface area contributed by atoms with E-state index in [0.717, 1.165) is 45.0 Å². The van der Waals surface area contributed by atoms with Gasteiger partial charge in [-0.1, -0.05) is 24.3 Å². The van der Waals surface area contributed by atoms with Crippen molar-refractivity contribution in [3.8, 4) is 0 Å². The quantitative estimate of drug-likeness (QED) is 0.622. The molecule has 0 amide bonds. The molecule has 3 aromatic rings. The first kappa shape index (κ1) is 19.4. The standard InChI is InChI=1S/C22H23F3N4O/c23-22(24,25)18-11-17-20(28-18)26-12-27-21(17)29-19-15-4-2-1-3-13(15)5-6-16(19)14-7-9-30-10-8-14/h1-4,11-12,14,16,19H,5-10H2,(H2,26,27,28,29)/t16-,19+/m1/s1. The maximum Gasteiger partial charge on any atom is 0.431 e. The molecule has 5 nitrogen and oxygen atoms in total. The number of ether oxygens (including phenoxy) is 1. The lowest BCUT2D eigenvalue weighted by atomic mass is 9.71. The van der Waals surface area contributed by atoms with Crippen molar-refractivity contribution in [3.05, 3.63) is 53.5 Å². The van der Waals surface area contributed by atoms with Crippen LogP contribution in [0, 0.1) is 11.8 Å². The minimum atomic E-state index is -4.46. The van der Waals surface area contributed by atoms with Gasteiger partial charge in [-0.05, 0) is 54.7 Å². The zero-order valence-electron chi connectivity index (χ0n) is 16.4. The van der Waals surface area contributed by atoms with Crippen LogP contribution in [0.5, 0.6) is 0 Å². The van der Waals surface area contributed by atoms with Gasteiger partial charge in [0.25, 0.3) is 0 Å². The summed E-state index contributed by atoms with van der Waals surface area (Å²) in [5, 5.41) is 3.87. The highest BCUT2D eigenvalue weighted by molar-refractivity contribution is 5.88. The fourth-order valence-corrected chi connectivity index (χ4v) is 4.98. The van der Waals surface area contributed by atoms with Crippen LogP contribution in [-0.4, -0.2) is 28.2 Å². The maximum atomic E-state index is 13.2. The number of aromatic nitrogens is 3. The Morgan fingerprint density at radius 2 is 1.87 bits per heavy atom. The first-order valence-electron chi connectivity index (χ1n) is 10.3. The Labute approximate surface area is 172 Å². The SMILES string of the molecule is FC(F)(F)c1cc2c(N[C@H]3c4ccccc4CC[C@@H]3C3CCOCC3)ncnc2[nH]1. The van der Waals surface area contributed by atoms with Crippen molar-refractivity contribution in [2.45, 2.75) is 37.9 Å². The number of nitrogens with one attached hydrogen (secondary N) is 2. The molecule has 0 unspecified atom stereocenters. The van der Waals surface area contributed by atoms with Gasteiger partial charge in [0.15, 0.2) is 0 Å². The molecule has 2 aromatic heterocycles. The van der Waals surface area contributed by atoms with Gasteiger partial charge in [0.2, 0.25) is 0 Å². The molecule has 1 aliphatic heterocycles. The number of anilines is 1.